The zero-order valence-corrected chi connectivity index (χ0v) is 14.4. The van der Waals surface area contributed by atoms with E-state index in [0.29, 0.717) is 16.6 Å². The van der Waals surface area contributed by atoms with Crippen molar-refractivity contribution in [2.24, 2.45) is 0 Å². The molecule has 0 amide bonds. The average Bonchev–Trinajstić information content (AvgIpc) is 2.72. The number of hydrogen-bond donors (Lipinski definition) is 1. The van der Waals surface area contributed by atoms with Crippen LogP contribution in [0, 0.1) is 0 Å². The summed E-state index contributed by atoms with van der Waals surface area (Å²) in [6.07, 6.45) is 2.19. The number of aromatic amines is 1. The highest BCUT2D eigenvalue weighted by atomic mass is 28.3. The number of aromatic nitrogens is 2. The van der Waals surface area contributed by atoms with Crippen molar-refractivity contribution in [1.82, 2.24) is 9.22 Å². The van der Waals surface area contributed by atoms with Crippen molar-refractivity contribution in [1.29, 1.82) is 0 Å². The van der Waals surface area contributed by atoms with Crippen LogP contribution < -0.4 is 5.56 Å². The van der Waals surface area contributed by atoms with Crippen molar-refractivity contribution in [2.45, 2.75) is 58.2 Å². The minimum Gasteiger partial charge on any atom is -0.360 e. The van der Waals surface area contributed by atoms with Crippen LogP contribution in [0.15, 0.2) is 29.2 Å². The fraction of sp³-hybridized carbons (Fsp3) is 0.562. The van der Waals surface area contributed by atoms with Crippen LogP contribution in [0.25, 0.3) is 11.0 Å². The molecule has 0 atom stereocenters. The Bertz CT molecular complexity index is 630. The lowest BCUT2D eigenvalue weighted by Crippen LogP contribution is -2.51. The summed E-state index contributed by atoms with van der Waals surface area (Å²) in [5.74, 6) is 0. The smallest absolute Gasteiger partial charge is 0.249 e. The van der Waals surface area contributed by atoms with Gasteiger partial charge in [-0.1, -0.05) is 41.5 Å². The van der Waals surface area contributed by atoms with E-state index < -0.39 is 8.24 Å². The maximum atomic E-state index is 11.7. The van der Waals surface area contributed by atoms with Crippen LogP contribution in [0.5, 0.6) is 0 Å². The summed E-state index contributed by atoms with van der Waals surface area (Å²) in [5.41, 5.74) is 2.82. The summed E-state index contributed by atoms with van der Waals surface area (Å²) in [6.45, 7) is 14.0. The second-order valence-electron chi connectivity index (χ2n) is 6.66. The van der Waals surface area contributed by atoms with Crippen LogP contribution in [-0.2, 0) is 0 Å². The molecule has 0 spiro atoms. The number of nitrogens with zero attached hydrogens (tertiary/aromatic N) is 1. The molecule has 1 N–H and O–H groups in total. The van der Waals surface area contributed by atoms with Gasteiger partial charge in [0.05, 0.1) is 0 Å². The minimum atomic E-state index is -1.79. The third-order valence-corrected chi connectivity index (χ3v) is 11.5. The Balaban J connectivity index is 2.81. The van der Waals surface area contributed by atoms with Gasteiger partial charge < -0.3 is 9.22 Å². The van der Waals surface area contributed by atoms with E-state index >= 15 is 0 Å². The second kappa shape index (κ2) is 5.24. The molecule has 4 heteroatoms. The van der Waals surface area contributed by atoms with Gasteiger partial charge in [-0.25, -0.2) is 0 Å². The van der Waals surface area contributed by atoms with Gasteiger partial charge in [0.2, 0.25) is 5.56 Å². The van der Waals surface area contributed by atoms with Gasteiger partial charge in [-0.2, -0.15) is 0 Å². The fourth-order valence-corrected chi connectivity index (χ4v) is 10.8. The maximum Gasteiger partial charge on any atom is 0.249 e. The Hall–Kier alpha value is -1.29. The van der Waals surface area contributed by atoms with Crippen molar-refractivity contribution in [2.75, 3.05) is 0 Å². The van der Waals surface area contributed by atoms with Crippen molar-refractivity contribution in [3.63, 3.8) is 0 Å². The molecule has 20 heavy (non-hydrogen) atoms. The normalized spacial score (nSPS) is 13.1. The third kappa shape index (κ3) is 2.06. The van der Waals surface area contributed by atoms with E-state index in [0.717, 1.165) is 11.0 Å². The first-order chi connectivity index (χ1) is 9.31. The standard InChI is InChI=1S/C16H26N2OSi/c1-11(2)20(12(3)4,13(5)6)18-10-9-14-7-8-15(19)17-16(14)18/h7-13H,1-6H3,(H,17,19). The molecule has 0 aliphatic heterocycles. The Morgan fingerprint density at radius 1 is 0.950 bits per heavy atom. The molecule has 110 valence electrons. The van der Waals surface area contributed by atoms with E-state index in [1.807, 2.05) is 6.07 Å². The topological polar surface area (TPSA) is 37.8 Å². The fourth-order valence-electron chi connectivity index (χ4n) is 4.20. The minimum absolute atomic E-state index is 0.0170. The summed E-state index contributed by atoms with van der Waals surface area (Å²) < 4.78 is 2.43. The van der Waals surface area contributed by atoms with E-state index in [4.69, 9.17) is 0 Å². The third-order valence-electron chi connectivity index (χ3n) is 4.77. The molecule has 2 rings (SSSR count). The van der Waals surface area contributed by atoms with Gasteiger partial charge in [0.25, 0.3) is 0 Å². The highest BCUT2D eigenvalue weighted by Gasteiger charge is 2.45. The van der Waals surface area contributed by atoms with Crippen LogP contribution in [0.2, 0.25) is 16.6 Å². The van der Waals surface area contributed by atoms with Gasteiger partial charge in [-0.3, -0.25) is 4.79 Å². The highest BCUT2D eigenvalue weighted by Crippen LogP contribution is 2.43. The van der Waals surface area contributed by atoms with Gasteiger partial charge in [0, 0.05) is 11.5 Å². The summed E-state index contributed by atoms with van der Waals surface area (Å²) >= 11 is 0. The Morgan fingerprint density at radius 2 is 1.50 bits per heavy atom. The molecule has 0 saturated carbocycles. The molecule has 2 heterocycles. The Kier molecular flexibility index (Phi) is 3.96. The van der Waals surface area contributed by atoms with Crippen LogP contribution >= 0.6 is 0 Å². The molecule has 0 aromatic carbocycles. The number of pyridine rings is 1. The molecule has 0 bridgehead atoms. The lowest BCUT2D eigenvalue weighted by molar-refractivity contribution is 0.770. The molecule has 0 saturated heterocycles. The molecule has 0 fully saturated rings. The zero-order valence-electron chi connectivity index (χ0n) is 13.4. The molecule has 0 unspecified atom stereocenters. The van der Waals surface area contributed by atoms with Gasteiger partial charge in [0.15, 0.2) is 8.24 Å². The second-order valence-corrected chi connectivity index (χ2v) is 12.4. The van der Waals surface area contributed by atoms with E-state index in [1.165, 1.54) is 0 Å². The van der Waals surface area contributed by atoms with Crippen LogP contribution in [0.4, 0.5) is 0 Å². The maximum absolute atomic E-state index is 11.7. The lowest BCUT2D eigenvalue weighted by Gasteiger charge is -2.44. The highest BCUT2D eigenvalue weighted by molar-refractivity contribution is 6.82. The molecular weight excluding hydrogens is 264 g/mol. The van der Waals surface area contributed by atoms with Crippen molar-refractivity contribution in [3.8, 4) is 0 Å². The number of fused-ring (bicyclic) bond motifs is 1. The number of nitrogens with one attached hydrogen (secondary N) is 1. The van der Waals surface area contributed by atoms with E-state index in [-0.39, 0.29) is 5.56 Å². The summed E-state index contributed by atoms with van der Waals surface area (Å²) in [5, 5.41) is 1.13. The van der Waals surface area contributed by atoms with Crippen LogP contribution in [-0.4, -0.2) is 17.5 Å². The van der Waals surface area contributed by atoms with Crippen molar-refractivity contribution in [3.05, 3.63) is 34.7 Å². The number of H-pyrrole nitrogens is 1. The Labute approximate surface area is 122 Å². The number of hydrogen-bond acceptors (Lipinski definition) is 1. The van der Waals surface area contributed by atoms with Gasteiger partial charge >= 0.3 is 0 Å². The first kappa shape index (κ1) is 15.1. The van der Waals surface area contributed by atoms with Crippen LogP contribution in [0.3, 0.4) is 0 Å². The van der Waals surface area contributed by atoms with E-state index in [1.54, 1.807) is 6.07 Å². The van der Waals surface area contributed by atoms with E-state index in [9.17, 15) is 4.79 Å². The van der Waals surface area contributed by atoms with Crippen LogP contribution in [0.1, 0.15) is 41.5 Å². The van der Waals surface area contributed by atoms with E-state index in [2.05, 4.69) is 63.0 Å². The molecule has 3 nitrogen and oxygen atoms in total. The molecule has 2 aromatic rings. The first-order valence-electron chi connectivity index (χ1n) is 7.52. The van der Waals surface area contributed by atoms with Gasteiger partial charge in [0.1, 0.15) is 5.65 Å². The van der Waals surface area contributed by atoms with Crippen molar-refractivity contribution >= 4 is 19.3 Å². The largest absolute Gasteiger partial charge is 0.360 e. The summed E-state index contributed by atoms with van der Waals surface area (Å²) in [7, 11) is -1.79. The molecule has 0 aliphatic carbocycles. The average molecular weight is 290 g/mol. The monoisotopic (exact) mass is 290 g/mol. The molecule has 0 aliphatic rings. The molecular formula is C16H26N2OSi. The zero-order chi connectivity index (χ0) is 15.1. The number of rotatable bonds is 4. The lowest BCUT2D eigenvalue weighted by atomic mass is 10.3. The summed E-state index contributed by atoms with van der Waals surface area (Å²) in [6, 6.07) is 5.65. The van der Waals surface area contributed by atoms with Gasteiger partial charge in [-0.15, -0.1) is 0 Å². The predicted octanol–water partition coefficient (Wildman–Crippen LogP) is 4.35. The van der Waals surface area contributed by atoms with Crippen molar-refractivity contribution < 1.29 is 0 Å². The molecule has 2 aromatic heterocycles. The molecule has 0 radical (unpaired) electrons. The SMILES string of the molecule is CC(C)[Si](C(C)C)(C(C)C)n1ccc2ccc(=O)[nH]c21. The summed E-state index contributed by atoms with van der Waals surface area (Å²) in [4.78, 5) is 14.8. The predicted molar refractivity (Wildman–Crippen MR) is 89.0 cm³/mol. The Morgan fingerprint density at radius 3 is 2.00 bits per heavy atom. The quantitative estimate of drug-likeness (QED) is 0.835. The van der Waals surface area contributed by atoms with Gasteiger partial charge in [-0.05, 0) is 35.0 Å². The first-order valence-corrected chi connectivity index (χ1v) is 9.70.